The topological polar surface area (TPSA) is 23.5 Å². The summed E-state index contributed by atoms with van der Waals surface area (Å²) in [4.78, 5) is 2.28. The maximum absolute atomic E-state index is 11.6. The van der Waals surface area contributed by atoms with Crippen LogP contribution in [0.5, 0.6) is 0 Å². The van der Waals surface area contributed by atoms with E-state index in [0.29, 0.717) is 0 Å². The predicted molar refractivity (Wildman–Crippen MR) is 99.9 cm³/mol. The SMILES string of the molecule is CN(C)C(c1ccccc1)C1CCCCC1(O)Cc1ccccc1. The highest BCUT2D eigenvalue weighted by molar-refractivity contribution is 5.23. The maximum Gasteiger partial charge on any atom is 0.0734 e. The van der Waals surface area contributed by atoms with Gasteiger partial charge in [0.05, 0.1) is 5.60 Å². The number of benzene rings is 2. The molecule has 0 radical (unpaired) electrons. The molecule has 0 spiro atoms. The molecule has 2 aromatic rings. The van der Waals surface area contributed by atoms with Gasteiger partial charge < -0.3 is 10.0 Å². The van der Waals surface area contributed by atoms with Crippen LogP contribution < -0.4 is 0 Å². The number of hydrogen-bond acceptors (Lipinski definition) is 2. The first kappa shape index (κ1) is 17.2. The lowest BCUT2D eigenvalue weighted by Crippen LogP contribution is -2.48. The Kier molecular flexibility index (Phi) is 5.37. The van der Waals surface area contributed by atoms with Gasteiger partial charge in [-0.05, 0) is 38.1 Å². The average molecular weight is 323 g/mol. The van der Waals surface area contributed by atoms with Crippen LogP contribution in [0, 0.1) is 5.92 Å². The molecule has 0 amide bonds. The number of rotatable bonds is 5. The van der Waals surface area contributed by atoms with Crippen molar-refractivity contribution in [3.63, 3.8) is 0 Å². The molecule has 3 rings (SSSR count). The minimum atomic E-state index is -0.635. The quantitative estimate of drug-likeness (QED) is 0.878. The zero-order valence-corrected chi connectivity index (χ0v) is 14.9. The van der Waals surface area contributed by atoms with Gasteiger partial charge >= 0.3 is 0 Å². The summed E-state index contributed by atoms with van der Waals surface area (Å²) >= 11 is 0. The summed E-state index contributed by atoms with van der Waals surface area (Å²) in [5.41, 5.74) is 1.91. The van der Waals surface area contributed by atoms with E-state index in [1.54, 1.807) is 0 Å². The molecule has 3 unspecified atom stereocenters. The molecular weight excluding hydrogens is 294 g/mol. The van der Waals surface area contributed by atoms with Crippen molar-refractivity contribution in [2.45, 2.75) is 43.7 Å². The van der Waals surface area contributed by atoms with Crippen LogP contribution in [0.25, 0.3) is 0 Å². The summed E-state index contributed by atoms with van der Waals surface area (Å²) in [6.07, 6.45) is 5.05. The minimum Gasteiger partial charge on any atom is -0.389 e. The second kappa shape index (κ2) is 7.50. The lowest BCUT2D eigenvalue weighted by atomic mass is 9.67. The van der Waals surface area contributed by atoms with Crippen molar-refractivity contribution in [2.24, 2.45) is 5.92 Å². The van der Waals surface area contributed by atoms with Gasteiger partial charge in [-0.3, -0.25) is 0 Å². The van der Waals surface area contributed by atoms with Gasteiger partial charge in [0, 0.05) is 18.4 Å². The summed E-state index contributed by atoms with van der Waals surface area (Å²) in [5.74, 6) is 0.254. The van der Waals surface area contributed by atoms with E-state index in [9.17, 15) is 5.11 Å². The summed E-state index contributed by atoms with van der Waals surface area (Å²) in [6, 6.07) is 21.4. The lowest BCUT2D eigenvalue weighted by Gasteiger charge is -2.46. The van der Waals surface area contributed by atoms with Gasteiger partial charge in [0.2, 0.25) is 0 Å². The van der Waals surface area contributed by atoms with Crippen LogP contribution in [0.1, 0.15) is 42.9 Å². The Morgan fingerprint density at radius 2 is 1.62 bits per heavy atom. The summed E-state index contributed by atoms with van der Waals surface area (Å²) in [7, 11) is 4.27. The molecule has 2 aromatic carbocycles. The highest BCUT2D eigenvalue weighted by atomic mass is 16.3. The van der Waals surface area contributed by atoms with Gasteiger partial charge in [-0.15, -0.1) is 0 Å². The molecule has 2 nitrogen and oxygen atoms in total. The minimum absolute atomic E-state index is 0.250. The fourth-order valence-corrected chi connectivity index (χ4v) is 4.41. The fourth-order valence-electron chi connectivity index (χ4n) is 4.41. The normalized spacial score (nSPS) is 25.6. The van der Waals surface area contributed by atoms with Crippen LogP contribution in [0.15, 0.2) is 60.7 Å². The Morgan fingerprint density at radius 1 is 1.00 bits per heavy atom. The number of hydrogen-bond donors (Lipinski definition) is 1. The molecule has 0 heterocycles. The van der Waals surface area contributed by atoms with Crippen LogP contribution in [0.3, 0.4) is 0 Å². The van der Waals surface area contributed by atoms with Gasteiger partial charge in [-0.1, -0.05) is 73.5 Å². The van der Waals surface area contributed by atoms with E-state index in [1.807, 2.05) is 6.07 Å². The van der Waals surface area contributed by atoms with E-state index >= 15 is 0 Å². The Balaban J connectivity index is 1.92. The van der Waals surface area contributed by atoms with Crippen molar-refractivity contribution in [3.05, 3.63) is 71.8 Å². The van der Waals surface area contributed by atoms with Crippen molar-refractivity contribution < 1.29 is 5.11 Å². The van der Waals surface area contributed by atoms with Crippen molar-refractivity contribution >= 4 is 0 Å². The van der Waals surface area contributed by atoms with Crippen molar-refractivity contribution in [3.8, 4) is 0 Å². The zero-order valence-electron chi connectivity index (χ0n) is 14.9. The van der Waals surface area contributed by atoms with Crippen LogP contribution in [-0.2, 0) is 6.42 Å². The predicted octanol–water partition coefficient (Wildman–Crippen LogP) is 4.45. The highest BCUT2D eigenvalue weighted by Crippen LogP contribution is 2.45. The van der Waals surface area contributed by atoms with Gasteiger partial charge in [0.25, 0.3) is 0 Å². The van der Waals surface area contributed by atoms with Gasteiger partial charge in [-0.2, -0.15) is 0 Å². The molecule has 0 bridgehead atoms. The number of nitrogens with zero attached hydrogens (tertiary/aromatic N) is 1. The Morgan fingerprint density at radius 3 is 2.25 bits per heavy atom. The van der Waals surface area contributed by atoms with Crippen molar-refractivity contribution in [1.29, 1.82) is 0 Å². The molecule has 128 valence electrons. The summed E-state index contributed by atoms with van der Waals surface area (Å²) < 4.78 is 0. The van der Waals surface area contributed by atoms with E-state index in [4.69, 9.17) is 0 Å². The molecule has 3 atom stereocenters. The highest BCUT2D eigenvalue weighted by Gasteiger charge is 2.44. The molecule has 1 saturated carbocycles. The second-order valence-electron chi connectivity index (χ2n) is 7.44. The second-order valence-corrected chi connectivity index (χ2v) is 7.44. The van der Waals surface area contributed by atoms with E-state index in [2.05, 4.69) is 73.6 Å². The fraction of sp³-hybridized carbons (Fsp3) is 0.455. The average Bonchev–Trinajstić information content (AvgIpc) is 2.58. The molecule has 0 aromatic heterocycles. The summed E-state index contributed by atoms with van der Waals surface area (Å²) in [6.45, 7) is 0. The van der Waals surface area contributed by atoms with Crippen molar-refractivity contribution in [2.75, 3.05) is 14.1 Å². The first-order valence-electron chi connectivity index (χ1n) is 9.08. The Hall–Kier alpha value is -1.64. The van der Waals surface area contributed by atoms with E-state index in [1.165, 1.54) is 17.5 Å². The third-order valence-electron chi connectivity index (χ3n) is 5.50. The molecule has 1 N–H and O–H groups in total. The molecule has 1 aliphatic rings. The lowest BCUT2D eigenvalue weighted by molar-refractivity contribution is -0.0770. The maximum atomic E-state index is 11.6. The van der Waals surface area contributed by atoms with Gasteiger partial charge in [-0.25, -0.2) is 0 Å². The largest absolute Gasteiger partial charge is 0.389 e. The first-order valence-corrected chi connectivity index (χ1v) is 9.08. The zero-order chi connectivity index (χ0) is 17.0. The van der Waals surface area contributed by atoms with Crippen LogP contribution in [0.2, 0.25) is 0 Å². The standard InChI is InChI=1S/C22H29NO/c1-23(2)21(19-13-7-4-8-14-19)20-15-9-10-16-22(20,24)17-18-11-5-3-6-12-18/h3-8,11-14,20-21,24H,9-10,15-17H2,1-2H3. The van der Waals surface area contributed by atoms with Crippen LogP contribution >= 0.6 is 0 Å². The number of aliphatic hydroxyl groups is 1. The molecule has 24 heavy (non-hydrogen) atoms. The van der Waals surface area contributed by atoms with E-state index in [0.717, 1.165) is 25.7 Å². The molecular formula is C22H29NO. The molecule has 1 fully saturated rings. The van der Waals surface area contributed by atoms with E-state index in [-0.39, 0.29) is 12.0 Å². The third kappa shape index (κ3) is 3.71. The Bertz CT molecular complexity index is 625. The molecule has 0 aliphatic heterocycles. The van der Waals surface area contributed by atoms with Gasteiger partial charge in [0.15, 0.2) is 0 Å². The van der Waals surface area contributed by atoms with Crippen LogP contribution in [0.4, 0.5) is 0 Å². The van der Waals surface area contributed by atoms with Gasteiger partial charge in [0.1, 0.15) is 0 Å². The smallest absolute Gasteiger partial charge is 0.0734 e. The monoisotopic (exact) mass is 323 g/mol. The molecule has 1 aliphatic carbocycles. The summed E-state index contributed by atoms with van der Waals surface area (Å²) in [5, 5.41) is 11.6. The van der Waals surface area contributed by atoms with Crippen molar-refractivity contribution in [1.82, 2.24) is 4.90 Å². The van der Waals surface area contributed by atoms with E-state index < -0.39 is 5.60 Å². The van der Waals surface area contributed by atoms with Crippen LogP contribution in [-0.4, -0.2) is 29.7 Å². The third-order valence-corrected chi connectivity index (χ3v) is 5.50. The molecule has 0 saturated heterocycles. The Labute approximate surface area is 146 Å². The first-order chi connectivity index (χ1) is 11.6. The molecule has 2 heteroatoms.